The summed E-state index contributed by atoms with van der Waals surface area (Å²) in [6.07, 6.45) is 23.6. The van der Waals surface area contributed by atoms with Gasteiger partial charge in [0.1, 0.15) is 0 Å². The maximum absolute atomic E-state index is 5.36. The van der Waals surface area contributed by atoms with Crippen molar-refractivity contribution in [1.82, 2.24) is 0 Å². The highest BCUT2D eigenvalue weighted by Crippen LogP contribution is 2.24. The third-order valence-corrected chi connectivity index (χ3v) is 7.60. The highest BCUT2D eigenvalue weighted by Gasteiger charge is 2.03. The van der Waals surface area contributed by atoms with E-state index in [-0.39, 0.29) is 0 Å². The number of hydrogen-bond acceptors (Lipinski definition) is 3. The fraction of sp³-hybridized carbons (Fsp3) is 0.106. The van der Waals surface area contributed by atoms with Crippen molar-refractivity contribution in [3.05, 3.63) is 223 Å². The van der Waals surface area contributed by atoms with Crippen molar-refractivity contribution in [1.29, 1.82) is 0 Å². The molecule has 0 bridgehead atoms. The summed E-state index contributed by atoms with van der Waals surface area (Å²) in [5.74, 6) is 0. The van der Waals surface area contributed by atoms with Crippen molar-refractivity contribution in [3.8, 4) is 11.1 Å². The first-order valence-electron chi connectivity index (χ1n) is 17.2. The number of para-hydroxylation sites is 3. The topological polar surface area (TPSA) is 50.1 Å². The Morgan fingerprint density at radius 2 is 1.30 bits per heavy atom. The quantitative estimate of drug-likeness (QED) is 0.153. The third kappa shape index (κ3) is 14.4. The maximum Gasteiger partial charge on any atom is 0.0384 e. The molecule has 0 aromatic heterocycles. The molecule has 2 aliphatic carbocycles. The predicted octanol–water partition coefficient (Wildman–Crippen LogP) is 12.5. The maximum atomic E-state index is 5.36. The molecule has 0 fully saturated rings. The molecule has 5 aromatic carbocycles. The van der Waals surface area contributed by atoms with Gasteiger partial charge in [-0.25, -0.2) is 0 Å². The van der Waals surface area contributed by atoms with E-state index in [4.69, 9.17) is 5.73 Å². The molecule has 0 heterocycles. The number of hydrogen-bond donors (Lipinski definition) is 3. The Kier molecular flexibility index (Phi) is 16.0. The van der Waals surface area contributed by atoms with Gasteiger partial charge in [-0.2, -0.15) is 0 Å². The van der Waals surface area contributed by atoms with E-state index in [2.05, 4.69) is 133 Å². The zero-order chi connectivity index (χ0) is 35.1. The van der Waals surface area contributed by atoms with Gasteiger partial charge < -0.3 is 16.4 Å². The van der Waals surface area contributed by atoms with E-state index in [9.17, 15) is 0 Å². The second-order valence-electron chi connectivity index (χ2n) is 11.8. The summed E-state index contributed by atoms with van der Waals surface area (Å²) in [4.78, 5) is 0. The van der Waals surface area contributed by atoms with E-state index in [1.807, 2.05) is 78.9 Å². The van der Waals surface area contributed by atoms with Gasteiger partial charge in [0.15, 0.2) is 0 Å². The number of rotatable bonds is 7. The molecule has 0 unspecified atom stereocenters. The van der Waals surface area contributed by atoms with Crippen molar-refractivity contribution in [2.45, 2.75) is 32.6 Å². The molecule has 3 heteroatoms. The van der Waals surface area contributed by atoms with Crippen molar-refractivity contribution < 1.29 is 0 Å². The van der Waals surface area contributed by atoms with Gasteiger partial charge in [-0.3, -0.25) is 0 Å². The van der Waals surface area contributed by atoms with E-state index < -0.39 is 0 Å². The van der Waals surface area contributed by atoms with Gasteiger partial charge in [-0.15, -0.1) is 0 Å². The van der Waals surface area contributed by atoms with Gasteiger partial charge >= 0.3 is 0 Å². The molecular weight excluding hydrogens is 607 g/mol. The average Bonchev–Trinajstić information content (AvgIpc) is 3.43. The molecule has 0 atom stereocenters. The fourth-order valence-corrected chi connectivity index (χ4v) is 5.24. The molecule has 0 aliphatic heterocycles. The standard InChI is InChI=1S/C21H20.C12H13N.C8H9N.C6H7N/c1-17-13-19(15-18-9-5-2-3-6-10-18)16-21(14-17)20-11-7-4-8-12-20;1-3-7-11(8-4-1)13-12-9-5-2-6-10-12;1-2-9-8-6-4-3-5-7-8;7-6-4-2-1-3-5-6/h2,4-14,16H,3,15H2,1H3;1,3-5,7-10,13H,2,6H2;2-7,9H,1H2;1-5H,7H2. The van der Waals surface area contributed by atoms with Crippen LogP contribution < -0.4 is 16.4 Å². The minimum Gasteiger partial charge on any atom is -0.399 e. The Morgan fingerprint density at radius 3 is 1.90 bits per heavy atom. The largest absolute Gasteiger partial charge is 0.399 e. The van der Waals surface area contributed by atoms with Crippen molar-refractivity contribution in [2.75, 3.05) is 16.4 Å². The zero-order valence-electron chi connectivity index (χ0n) is 29.1. The highest BCUT2D eigenvalue weighted by molar-refractivity contribution is 5.65. The number of anilines is 3. The summed E-state index contributed by atoms with van der Waals surface area (Å²) in [6.45, 7) is 5.72. The molecule has 0 saturated carbocycles. The van der Waals surface area contributed by atoms with E-state index in [1.165, 1.54) is 39.9 Å². The Hall–Kier alpha value is -6.06. The molecule has 0 radical (unpaired) electrons. The summed E-state index contributed by atoms with van der Waals surface area (Å²) in [5, 5.41) is 6.33. The van der Waals surface area contributed by atoms with Crippen LogP contribution in [0.3, 0.4) is 0 Å². The van der Waals surface area contributed by atoms with Crippen LogP contribution in [0, 0.1) is 6.92 Å². The Bertz CT molecular complexity index is 1850. The van der Waals surface area contributed by atoms with Gasteiger partial charge in [0, 0.05) is 22.8 Å². The van der Waals surface area contributed by atoms with Crippen LogP contribution in [0.1, 0.15) is 30.4 Å². The second-order valence-corrected chi connectivity index (χ2v) is 11.8. The third-order valence-electron chi connectivity index (χ3n) is 7.60. The first kappa shape index (κ1) is 36.8. The van der Waals surface area contributed by atoms with Crippen LogP contribution in [-0.2, 0) is 6.42 Å². The monoisotopic (exact) mass is 655 g/mol. The summed E-state index contributed by atoms with van der Waals surface area (Å²) < 4.78 is 0. The lowest BCUT2D eigenvalue weighted by Crippen LogP contribution is -1.98. The number of aryl methyl sites for hydroxylation is 1. The van der Waals surface area contributed by atoms with Gasteiger partial charge in [-0.1, -0.05) is 158 Å². The summed E-state index contributed by atoms with van der Waals surface area (Å²) in [5.41, 5.74) is 16.3. The van der Waals surface area contributed by atoms with Crippen LogP contribution in [0.25, 0.3) is 11.1 Å². The Balaban J connectivity index is 0.000000165. The summed E-state index contributed by atoms with van der Waals surface area (Å²) >= 11 is 0. The summed E-state index contributed by atoms with van der Waals surface area (Å²) in [6, 6.07) is 47.1. The Morgan fingerprint density at radius 1 is 0.660 bits per heavy atom. The number of nitrogens with one attached hydrogen (secondary N) is 2. The van der Waals surface area contributed by atoms with Crippen LogP contribution in [0.5, 0.6) is 0 Å². The molecule has 252 valence electrons. The molecule has 0 spiro atoms. The highest BCUT2D eigenvalue weighted by atomic mass is 14.9. The van der Waals surface area contributed by atoms with Crippen molar-refractivity contribution in [2.24, 2.45) is 0 Å². The number of nitrogen functional groups attached to an aromatic ring is 1. The SMILES string of the molecule is C1=CC(Nc2ccccc2)=CCC1.C=CNc1ccccc1.Cc1cc(CC2=CC=CCC=C2)cc(-c2ccccc2)c1.Nc1ccccc1. The van der Waals surface area contributed by atoms with Crippen molar-refractivity contribution >= 4 is 17.1 Å². The molecule has 5 aromatic rings. The van der Waals surface area contributed by atoms with Gasteiger partial charge in [-0.05, 0) is 104 Å². The van der Waals surface area contributed by atoms with E-state index in [0.29, 0.717) is 0 Å². The smallest absolute Gasteiger partial charge is 0.0384 e. The fourth-order valence-electron chi connectivity index (χ4n) is 5.24. The second kappa shape index (κ2) is 21.7. The number of allylic oxidation sites excluding steroid dienone is 9. The first-order chi connectivity index (χ1) is 24.6. The minimum absolute atomic E-state index is 0.822. The first-order valence-corrected chi connectivity index (χ1v) is 17.2. The molecule has 2 aliphatic rings. The predicted molar refractivity (Wildman–Crippen MR) is 219 cm³/mol. The Labute approximate surface area is 299 Å². The van der Waals surface area contributed by atoms with Gasteiger partial charge in [0.05, 0.1) is 0 Å². The zero-order valence-corrected chi connectivity index (χ0v) is 29.1. The van der Waals surface area contributed by atoms with E-state index >= 15 is 0 Å². The molecule has 7 rings (SSSR count). The van der Waals surface area contributed by atoms with E-state index in [1.54, 1.807) is 6.20 Å². The lowest BCUT2D eigenvalue weighted by atomic mass is 9.96. The summed E-state index contributed by atoms with van der Waals surface area (Å²) in [7, 11) is 0. The average molecular weight is 656 g/mol. The van der Waals surface area contributed by atoms with Gasteiger partial charge in [0.2, 0.25) is 0 Å². The van der Waals surface area contributed by atoms with Crippen LogP contribution in [0.4, 0.5) is 17.1 Å². The molecule has 4 N–H and O–H groups in total. The van der Waals surface area contributed by atoms with E-state index in [0.717, 1.165) is 36.3 Å². The molecule has 0 saturated heterocycles. The minimum atomic E-state index is 0.822. The van der Waals surface area contributed by atoms with Crippen LogP contribution >= 0.6 is 0 Å². The van der Waals surface area contributed by atoms with Crippen LogP contribution in [-0.4, -0.2) is 0 Å². The lowest BCUT2D eigenvalue weighted by Gasteiger charge is -2.09. The van der Waals surface area contributed by atoms with Crippen LogP contribution in [0.2, 0.25) is 0 Å². The molecule has 3 nitrogen and oxygen atoms in total. The molecule has 50 heavy (non-hydrogen) atoms. The molecular formula is C47H49N3. The number of benzene rings is 5. The van der Waals surface area contributed by atoms with Crippen molar-refractivity contribution in [3.63, 3.8) is 0 Å². The van der Waals surface area contributed by atoms with Crippen LogP contribution in [0.15, 0.2) is 212 Å². The number of nitrogens with two attached hydrogens (primary N) is 1. The van der Waals surface area contributed by atoms with Gasteiger partial charge in [0.25, 0.3) is 0 Å². The molecule has 0 amide bonds. The lowest BCUT2D eigenvalue weighted by molar-refractivity contribution is 1.02. The normalized spacial score (nSPS) is 12.5.